The Morgan fingerprint density at radius 3 is 2.57 bits per heavy atom. The Hall–Kier alpha value is -2.32. The van der Waals surface area contributed by atoms with Crippen molar-refractivity contribution in [1.82, 2.24) is 20.2 Å². The topological polar surface area (TPSA) is 87.2 Å². The van der Waals surface area contributed by atoms with Gasteiger partial charge >= 0.3 is 0 Å². The second-order valence-electron chi connectivity index (χ2n) is 8.23. The number of carbonyl (C=O) groups excluding carboxylic acids is 2. The highest BCUT2D eigenvalue weighted by Gasteiger charge is 2.26. The number of amides is 2. The largest absolute Gasteiger partial charge is 0.348 e. The Morgan fingerprint density at radius 1 is 1.07 bits per heavy atom. The first kappa shape index (κ1) is 20.9. The maximum atomic E-state index is 12.9. The number of rotatable bonds is 6. The van der Waals surface area contributed by atoms with E-state index in [1.54, 1.807) is 11.3 Å². The molecule has 2 aromatic rings. The van der Waals surface area contributed by atoms with Gasteiger partial charge in [0.15, 0.2) is 11.5 Å². The first-order valence-electron chi connectivity index (χ1n) is 10.8. The van der Waals surface area contributed by atoms with Crippen LogP contribution in [0.3, 0.4) is 0 Å². The summed E-state index contributed by atoms with van der Waals surface area (Å²) in [5.41, 5.74) is 1.54. The number of hydrogen-bond acceptors (Lipinski definition) is 6. The van der Waals surface area contributed by atoms with Gasteiger partial charge in [0.05, 0.1) is 0 Å². The highest BCUT2D eigenvalue weighted by molar-refractivity contribution is 7.07. The van der Waals surface area contributed by atoms with Gasteiger partial charge in [-0.1, -0.05) is 19.3 Å². The maximum absolute atomic E-state index is 12.9. The van der Waals surface area contributed by atoms with E-state index in [0.717, 1.165) is 58.2 Å². The zero-order valence-electron chi connectivity index (χ0n) is 17.2. The molecule has 1 saturated heterocycles. The fraction of sp³-hybridized carbons (Fsp3) is 0.545. The van der Waals surface area contributed by atoms with Crippen molar-refractivity contribution in [2.24, 2.45) is 5.92 Å². The van der Waals surface area contributed by atoms with E-state index in [4.69, 9.17) is 0 Å². The quantitative estimate of drug-likeness (QED) is 0.737. The van der Waals surface area contributed by atoms with E-state index in [9.17, 15) is 9.59 Å². The van der Waals surface area contributed by atoms with Crippen molar-refractivity contribution in [3.05, 3.63) is 40.5 Å². The molecule has 1 aliphatic heterocycles. The predicted octanol–water partition coefficient (Wildman–Crippen LogP) is 3.45. The smallest absolute Gasteiger partial charge is 0.273 e. The van der Waals surface area contributed by atoms with Gasteiger partial charge in [-0.2, -0.15) is 11.3 Å². The van der Waals surface area contributed by atoms with Gasteiger partial charge in [0.2, 0.25) is 5.91 Å². The van der Waals surface area contributed by atoms with E-state index < -0.39 is 0 Å². The van der Waals surface area contributed by atoms with Crippen LogP contribution in [0.1, 0.15) is 61.0 Å². The molecule has 2 amide bonds. The van der Waals surface area contributed by atoms with E-state index in [1.807, 2.05) is 0 Å². The molecular formula is C22H29N5O2S. The minimum absolute atomic E-state index is 0.00391. The lowest BCUT2D eigenvalue weighted by molar-refractivity contribution is -0.120. The summed E-state index contributed by atoms with van der Waals surface area (Å²) in [5, 5.41) is 10.2. The fourth-order valence-corrected chi connectivity index (χ4v) is 4.97. The Balaban J connectivity index is 1.31. The zero-order chi connectivity index (χ0) is 20.8. The summed E-state index contributed by atoms with van der Waals surface area (Å²) in [4.78, 5) is 36.3. The summed E-state index contributed by atoms with van der Waals surface area (Å²) in [6, 6.07) is 2.27. The Kier molecular flexibility index (Phi) is 7.07. The maximum Gasteiger partial charge on any atom is 0.273 e. The van der Waals surface area contributed by atoms with Crippen molar-refractivity contribution in [2.45, 2.75) is 57.5 Å². The van der Waals surface area contributed by atoms with Gasteiger partial charge < -0.3 is 10.6 Å². The van der Waals surface area contributed by atoms with E-state index in [-0.39, 0.29) is 35.3 Å². The third-order valence-electron chi connectivity index (χ3n) is 6.04. The molecule has 0 spiro atoms. The lowest BCUT2D eigenvalue weighted by Gasteiger charge is -2.32. The van der Waals surface area contributed by atoms with Gasteiger partial charge in [0.25, 0.3) is 5.91 Å². The van der Waals surface area contributed by atoms with Crippen LogP contribution >= 0.6 is 11.3 Å². The minimum Gasteiger partial charge on any atom is -0.348 e. The number of thiophene rings is 1. The van der Waals surface area contributed by atoms with Gasteiger partial charge in [0.1, 0.15) is 0 Å². The summed E-state index contributed by atoms with van der Waals surface area (Å²) in [6.07, 6.45) is 9.96. The number of piperidine rings is 1. The SMILES string of the molecule is O=C(NC1CCN(Cc2ccsc2)CC1)c1nccnc1NC(=O)C1CCCCC1. The molecule has 0 bridgehead atoms. The van der Waals surface area contributed by atoms with E-state index >= 15 is 0 Å². The molecule has 0 unspecified atom stereocenters. The number of nitrogens with one attached hydrogen (secondary N) is 2. The second-order valence-corrected chi connectivity index (χ2v) is 9.01. The molecule has 160 valence electrons. The molecule has 7 nitrogen and oxygen atoms in total. The number of carbonyl (C=O) groups is 2. The molecule has 0 atom stereocenters. The van der Waals surface area contributed by atoms with Crippen LogP contribution in [0.4, 0.5) is 5.82 Å². The average Bonchev–Trinajstić information content (AvgIpc) is 3.29. The fourth-order valence-electron chi connectivity index (χ4n) is 4.31. The van der Waals surface area contributed by atoms with Crippen molar-refractivity contribution >= 4 is 29.0 Å². The minimum atomic E-state index is -0.265. The van der Waals surface area contributed by atoms with E-state index in [2.05, 4.69) is 42.3 Å². The normalized spacial score (nSPS) is 18.8. The number of hydrogen-bond donors (Lipinski definition) is 2. The molecular weight excluding hydrogens is 398 g/mol. The summed E-state index contributed by atoms with van der Waals surface area (Å²) in [6.45, 7) is 2.87. The average molecular weight is 428 g/mol. The van der Waals surface area contributed by atoms with Crippen molar-refractivity contribution in [2.75, 3.05) is 18.4 Å². The summed E-state index contributed by atoms with van der Waals surface area (Å²) >= 11 is 1.72. The van der Waals surface area contributed by atoms with Gasteiger partial charge in [0, 0.05) is 44.0 Å². The molecule has 2 fully saturated rings. The van der Waals surface area contributed by atoms with Gasteiger partial charge in [-0.3, -0.25) is 14.5 Å². The summed E-state index contributed by atoms with van der Waals surface area (Å²) in [5.74, 6) is -0.0472. The van der Waals surface area contributed by atoms with Crippen LogP contribution in [-0.4, -0.2) is 45.8 Å². The molecule has 1 saturated carbocycles. The molecule has 0 aromatic carbocycles. The highest BCUT2D eigenvalue weighted by Crippen LogP contribution is 2.25. The molecule has 0 radical (unpaired) electrons. The zero-order valence-corrected chi connectivity index (χ0v) is 18.0. The van der Waals surface area contributed by atoms with Crippen LogP contribution in [0.15, 0.2) is 29.2 Å². The summed E-state index contributed by atoms with van der Waals surface area (Å²) in [7, 11) is 0. The Bertz CT molecular complexity index is 843. The van der Waals surface area contributed by atoms with E-state index in [0.29, 0.717) is 0 Å². The molecule has 8 heteroatoms. The van der Waals surface area contributed by atoms with Crippen LogP contribution in [0.25, 0.3) is 0 Å². The van der Waals surface area contributed by atoms with Gasteiger partial charge in [-0.05, 0) is 48.1 Å². The predicted molar refractivity (Wildman–Crippen MR) is 117 cm³/mol. The molecule has 30 heavy (non-hydrogen) atoms. The number of nitrogens with zero attached hydrogens (tertiary/aromatic N) is 3. The van der Waals surface area contributed by atoms with Crippen LogP contribution < -0.4 is 10.6 Å². The number of likely N-dealkylation sites (tertiary alicyclic amines) is 1. The molecule has 2 aromatic heterocycles. The lowest BCUT2D eigenvalue weighted by atomic mass is 9.89. The standard InChI is InChI=1S/C22H29N5O2S/c28-21(17-4-2-1-3-5-17)26-20-19(23-9-10-24-20)22(29)25-18-6-11-27(12-7-18)14-16-8-13-30-15-16/h8-10,13,15,17-18H,1-7,11-12,14H2,(H,25,29)(H,24,26,28). The molecule has 3 heterocycles. The first-order chi connectivity index (χ1) is 14.7. The summed E-state index contributed by atoms with van der Waals surface area (Å²) < 4.78 is 0. The van der Waals surface area contributed by atoms with Gasteiger partial charge in [-0.25, -0.2) is 9.97 Å². The highest BCUT2D eigenvalue weighted by atomic mass is 32.1. The monoisotopic (exact) mass is 427 g/mol. The Morgan fingerprint density at radius 2 is 1.83 bits per heavy atom. The van der Waals surface area contributed by atoms with Gasteiger partial charge in [-0.15, -0.1) is 0 Å². The third-order valence-corrected chi connectivity index (χ3v) is 6.77. The third kappa shape index (κ3) is 5.43. The number of aromatic nitrogens is 2. The first-order valence-corrected chi connectivity index (χ1v) is 11.8. The van der Waals surface area contributed by atoms with E-state index in [1.165, 1.54) is 24.4 Å². The van der Waals surface area contributed by atoms with Crippen LogP contribution in [-0.2, 0) is 11.3 Å². The molecule has 1 aliphatic carbocycles. The van der Waals surface area contributed by atoms with Crippen molar-refractivity contribution in [3.8, 4) is 0 Å². The second kappa shape index (κ2) is 10.1. The lowest BCUT2D eigenvalue weighted by Crippen LogP contribution is -2.44. The van der Waals surface area contributed by atoms with Crippen LogP contribution in [0.2, 0.25) is 0 Å². The molecule has 4 rings (SSSR count). The van der Waals surface area contributed by atoms with Crippen LogP contribution in [0, 0.1) is 5.92 Å². The Labute approximate surface area is 181 Å². The molecule has 2 aliphatic rings. The van der Waals surface area contributed by atoms with Crippen molar-refractivity contribution in [3.63, 3.8) is 0 Å². The van der Waals surface area contributed by atoms with Crippen molar-refractivity contribution in [1.29, 1.82) is 0 Å². The number of anilines is 1. The van der Waals surface area contributed by atoms with Crippen molar-refractivity contribution < 1.29 is 9.59 Å². The van der Waals surface area contributed by atoms with Crippen LogP contribution in [0.5, 0.6) is 0 Å². The molecule has 2 N–H and O–H groups in total.